The van der Waals surface area contributed by atoms with Crippen molar-refractivity contribution in [3.63, 3.8) is 0 Å². The first kappa shape index (κ1) is 18.2. The minimum Gasteiger partial charge on any atom is -0.355 e. The fourth-order valence-electron chi connectivity index (χ4n) is 2.29. The number of benzene rings is 2. The van der Waals surface area contributed by atoms with E-state index in [0.717, 1.165) is 10.0 Å². The average Bonchev–Trinajstić information content (AvgIpc) is 2.56. The number of anilines is 1. The topological polar surface area (TPSA) is 61.4 Å². The van der Waals surface area contributed by atoms with Crippen molar-refractivity contribution in [2.24, 2.45) is 0 Å². The van der Waals surface area contributed by atoms with Crippen molar-refractivity contribution in [2.45, 2.75) is 6.54 Å². The second-order valence-corrected chi connectivity index (χ2v) is 6.42. The van der Waals surface area contributed by atoms with E-state index in [1.54, 1.807) is 31.3 Å². The van der Waals surface area contributed by atoms with E-state index in [4.69, 9.17) is 0 Å². The molecule has 0 spiro atoms. The second-order valence-electron chi connectivity index (χ2n) is 5.51. The van der Waals surface area contributed by atoms with E-state index in [-0.39, 0.29) is 18.4 Å². The zero-order chi connectivity index (χ0) is 17.5. The summed E-state index contributed by atoms with van der Waals surface area (Å²) in [7, 11) is 3.47. The smallest absolute Gasteiger partial charge is 0.251 e. The van der Waals surface area contributed by atoms with Crippen LogP contribution in [0.15, 0.2) is 53.0 Å². The van der Waals surface area contributed by atoms with E-state index in [2.05, 4.69) is 26.6 Å². The molecule has 0 heterocycles. The minimum atomic E-state index is -0.182. The van der Waals surface area contributed by atoms with Gasteiger partial charge in [0.25, 0.3) is 5.91 Å². The quantitative estimate of drug-likeness (QED) is 0.798. The Morgan fingerprint density at radius 1 is 1.12 bits per heavy atom. The fraction of sp³-hybridized carbons (Fsp3) is 0.222. The number of nitrogens with zero attached hydrogens (tertiary/aromatic N) is 1. The molecule has 0 atom stereocenters. The van der Waals surface area contributed by atoms with E-state index < -0.39 is 0 Å². The summed E-state index contributed by atoms with van der Waals surface area (Å²) in [6.45, 7) is 0.944. The van der Waals surface area contributed by atoms with Crippen LogP contribution < -0.4 is 10.6 Å². The standard InChI is InChI=1S/C18H20BrN3O2/c1-20-18(24)14-4-3-5-16(10-14)21-17(23)12-22(2)11-13-6-8-15(19)9-7-13/h3-10H,11-12H2,1-2H3,(H,20,24)(H,21,23). The zero-order valence-electron chi connectivity index (χ0n) is 13.7. The molecule has 0 saturated heterocycles. The van der Waals surface area contributed by atoms with Crippen molar-refractivity contribution in [3.05, 3.63) is 64.1 Å². The van der Waals surface area contributed by atoms with Crippen LogP contribution >= 0.6 is 15.9 Å². The molecule has 0 aromatic heterocycles. The SMILES string of the molecule is CNC(=O)c1cccc(NC(=O)CN(C)Cc2ccc(Br)cc2)c1. The van der Waals surface area contributed by atoms with Crippen LogP contribution in [0.3, 0.4) is 0 Å². The molecule has 0 unspecified atom stereocenters. The number of carbonyl (C=O) groups excluding carboxylic acids is 2. The number of halogens is 1. The maximum absolute atomic E-state index is 12.2. The normalized spacial score (nSPS) is 10.5. The number of amides is 2. The van der Waals surface area contributed by atoms with Gasteiger partial charge in [-0.05, 0) is 42.9 Å². The molecule has 0 saturated carbocycles. The van der Waals surface area contributed by atoms with Crippen LogP contribution in [0.4, 0.5) is 5.69 Å². The van der Waals surface area contributed by atoms with Gasteiger partial charge in [0.2, 0.25) is 5.91 Å². The summed E-state index contributed by atoms with van der Waals surface area (Å²) in [5, 5.41) is 5.38. The molecule has 0 radical (unpaired) electrons. The van der Waals surface area contributed by atoms with Crippen molar-refractivity contribution < 1.29 is 9.59 Å². The van der Waals surface area contributed by atoms with Crippen LogP contribution in [0.5, 0.6) is 0 Å². The van der Waals surface area contributed by atoms with Gasteiger partial charge in [0, 0.05) is 29.3 Å². The maximum Gasteiger partial charge on any atom is 0.251 e. The summed E-state index contributed by atoms with van der Waals surface area (Å²) in [5.74, 6) is -0.304. The molecule has 5 nitrogen and oxygen atoms in total. The van der Waals surface area contributed by atoms with Gasteiger partial charge in [-0.1, -0.05) is 34.1 Å². The van der Waals surface area contributed by atoms with Crippen LogP contribution in [-0.2, 0) is 11.3 Å². The van der Waals surface area contributed by atoms with Crippen molar-refractivity contribution >= 4 is 33.4 Å². The predicted molar refractivity (Wildman–Crippen MR) is 98.9 cm³/mol. The molecular formula is C18H20BrN3O2. The average molecular weight is 390 g/mol. The summed E-state index contributed by atoms with van der Waals surface area (Å²) < 4.78 is 1.03. The van der Waals surface area contributed by atoms with Crippen LogP contribution in [0.25, 0.3) is 0 Å². The molecule has 0 aliphatic heterocycles. The first-order valence-electron chi connectivity index (χ1n) is 7.53. The lowest BCUT2D eigenvalue weighted by Gasteiger charge is -2.16. The van der Waals surface area contributed by atoms with Crippen LogP contribution in [0, 0.1) is 0 Å². The Bertz CT molecular complexity index is 716. The second kappa shape index (κ2) is 8.61. The summed E-state index contributed by atoms with van der Waals surface area (Å²) in [6.07, 6.45) is 0. The lowest BCUT2D eigenvalue weighted by Crippen LogP contribution is -2.30. The number of likely N-dealkylation sites (N-methyl/N-ethyl adjacent to an activating group) is 1. The molecule has 0 aliphatic rings. The molecule has 126 valence electrons. The summed E-state index contributed by atoms with van der Waals surface area (Å²) >= 11 is 3.40. The summed E-state index contributed by atoms with van der Waals surface area (Å²) in [6, 6.07) is 14.9. The van der Waals surface area contributed by atoms with Gasteiger partial charge >= 0.3 is 0 Å². The summed E-state index contributed by atoms with van der Waals surface area (Å²) in [5.41, 5.74) is 2.26. The minimum absolute atomic E-state index is 0.122. The molecule has 0 fully saturated rings. The molecule has 0 bridgehead atoms. The number of hydrogen-bond donors (Lipinski definition) is 2. The molecule has 2 N–H and O–H groups in total. The highest BCUT2D eigenvalue weighted by Crippen LogP contribution is 2.13. The van der Waals surface area contributed by atoms with E-state index in [9.17, 15) is 9.59 Å². The number of carbonyl (C=O) groups is 2. The highest BCUT2D eigenvalue weighted by Gasteiger charge is 2.09. The lowest BCUT2D eigenvalue weighted by molar-refractivity contribution is -0.117. The van der Waals surface area contributed by atoms with Gasteiger partial charge in [-0.3, -0.25) is 14.5 Å². The fourth-order valence-corrected chi connectivity index (χ4v) is 2.55. The van der Waals surface area contributed by atoms with Gasteiger partial charge in [0.1, 0.15) is 0 Å². The van der Waals surface area contributed by atoms with E-state index in [0.29, 0.717) is 17.8 Å². The highest BCUT2D eigenvalue weighted by atomic mass is 79.9. The van der Waals surface area contributed by atoms with E-state index >= 15 is 0 Å². The molecule has 2 amide bonds. The molecule has 6 heteroatoms. The van der Waals surface area contributed by atoms with Gasteiger partial charge in [-0.2, -0.15) is 0 Å². The highest BCUT2D eigenvalue weighted by molar-refractivity contribution is 9.10. The molecule has 0 aliphatic carbocycles. The van der Waals surface area contributed by atoms with Crippen LogP contribution in [-0.4, -0.2) is 37.4 Å². The van der Waals surface area contributed by atoms with Crippen LogP contribution in [0.2, 0.25) is 0 Å². The van der Waals surface area contributed by atoms with Gasteiger partial charge in [-0.15, -0.1) is 0 Å². The van der Waals surface area contributed by atoms with Crippen molar-refractivity contribution in [1.29, 1.82) is 0 Å². The third-order valence-electron chi connectivity index (χ3n) is 3.41. The van der Waals surface area contributed by atoms with E-state index in [1.165, 1.54) is 0 Å². The van der Waals surface area contributed by atoms with Crippen molar-refractivity contribution in [3.8, 4) is 0 Å². The van der Waals surface area contributed by atoms with Gasteiger partial charge < -0.3 is 10.6 Å². The maximum atomic E-state index is 12.2. The number of rotatable bonds is 6. The molecule has 24 heavy (non-hydrogen) atoms. The van der Waals surface area contributed by atoms with Crippen LogP contribution in [0.1, 0.15) is 15.9 Å². The first-order valence-corrected chi connectivity index (χ1v) is 8.32. The molecule has 2 aromatic carbocycles. The van der Waals surface area contributed by atoms with Gasteiger partial charge in [-0.25, -0.2) is 0 Å². The Labute approximate surface area is 150 Å². The Balaban J connectivity index is 1.90. The molecule has 2 rings (SSSR count). The number of nitrogens with one attached hydrogen (secondary N) is 2. The lowest BCUT2D eigenvalue weighted by atomic mass is 10.2. The number of hydrogen-bond acceptors (Lipinski definition) is 3. The first-order chi connectivity index (χ1) is 11.5. The van der Waals surface area contributed by atoms with Gasteiger partial charge in [0.05, 0.1) is 6.54 Å². The Kier molecular flexibility index (Phi) is 6.52. The van der Waals surface area contributed by atoms with Crippen molar-refractivity contribution in [1.82, 2.24) is 10.2 Å². The Morgan fingerprint density at radius 2 is 1.83 bits per heavy atom. The Morgan fingerprint density at radius 3 is 2.50 bits per heavy atom. The molecule has 2 aromatic rings. The molecular weight excluding hydrogens is 370 g/mol. The predicted octanol–water partition coefficient (Wildman–Crippen LogP) is 2.88. The largest absolute Gasteiger partial charge is 0.355 e. The third kappa shape index (κ3) is 5.47. The zero-order valence-corrected chi connectivity index (χ0v) is 15.3. The van der Waals surface area contributed by atoms with E-state index in [1.807, 2.05) is 36.2 Å². The van der Waals surface area contributed by atoms with Gasteiger partial charge in [0.15, 0.2) is 0 Å². The van der Waals surface area contributed by atoms with Crippen molar-refractivity contribution in [2.75, 3.05) is 26.0 Å². The Hall–Kier alpha value is -2.18. The third-order valence-corrected chi connectivity index (χ3v) is 3.94. The summed E-state index contributed by atoms with van der Waals surface area (Å²) in [4.78, 5) is 25.7. The monoisotopic (exact) mass is 389 g/mol.